The van der Waals surface area contributed by atoms with E-state index in [4.69, 9.17) is 10.5 Å². The van der Waals surface area contributed by atoms with Crippen molar-refractivity contribution in [1.82, 2.24) is 0 Å². The summed E-state index contributed by atoms with van der Waals surface area (Å²) in [5.41, 5.74) is 6.75. The van der Waals surface area contributed by atoms with Gasteiger partial charge in [-0.05, 0) is 38.1 Å². The van der Waals surface area contributed by atoms with Crippen molar-refractivity contribution >= 4 is 11.4 Å². The molecule has 0 bridgehead atoms. The molecule has 21 heavy (non-hydrogen) atoms. The third kappa shape index (κ3) is 2.46. The molecule has 3 rings (SSSR count). The maximum Gasteiger partial charge on any atom is 0.195 e. The molecule has 2 aromatic rings. The monoisotopic (exact) mass is 288 g/mol. The standard InChI is InChI=1S/C16H14F2N2O/c1-16(2)20-15(11-5-3-9(17)7-13(11)18)12-6-4-10(19)8-14(12)21-16/h3-8H,19H2,1-2H3. The Labute approximate surface area is 121 Å². The third-order valence-electron chi connectivity index (χ3n) is 3.19. The van der Waals surface area contributed by atoms with Crippen LogP contribution in [0.5, 0.6) is 5.75 Å². The molecule has 0 unspecified atom stereocenters. The molecule has 0 atom stereocenters. The molecule has 0 fully saturated rings. The van der Waals surface area contributed by atoms with E-state index in [1.54, 1.807) is 32.0 Å². The Morgan fingerprint density at radius 1 is 1.05 bits per heavy atom. The van der Waals surface area contributed by atoms with E-state index in [1.165, 1.54) is 12.1 Å². The van der Waals surface area contributed by atoms with Crippen LogP contribution in [0.2, 0.25) is 0 Å². The number of hydrogen-bond donors (Lipinski definition) is 1. The summed E-state index contributed by atoms with van der Waals surface area (Å²) in [7, 11) is 0. The smallest absolute Gasteiger partial charge is 0.195 e. The molecular weight excluding hydrogens is 274 g/mol. The van der Waals surface area contributed by atoms with Crippen LogP contribution in [0.3, 0.4) is 0 Å². The first-order valence-corrected chi connectivity index (χ1v) is 6.50. The molecule has 0 saturated heterocycles. The van der Waals surface area contributed by atoms with Gasteiger partial charge in [-0.1, -0.05) is 0 Å². The summed E-state index contributed by atoms with van der Waals surface area (Å²) in [4.78, 5) is 4.44. The van der Waals surface area contributed by atoms with Crippen molar-refractivity contribution < 1.29 is 13.5 Å². The van der Waals surface area contributed by atoms with Gasteiger partial charge >= 0.3 is 0 Å². The fraction of sp³-hybridized carbons (Fsp3) is 0.188. The minimum Gasteiger partial charge on any atom is -0.466 e. The molecule has 108 valence electrons. The van der Waals surface area contributed by atoms with Crippen LogP contribution in [0, 0.1) is 11.6 Å². The van der Waals surface area contributed by atoms with E-state index in [0.29, 0.717) is 22.7 Å². The summed E-state index contributed by atoms with van der Waals surface area (Å²) in [6, 6.07) is 8.52. The third-order valence-corrected chi connectivity index (χ3v) is 3.19. The SMILES string of the molecule is CC1(C)N=C(c2ccc(F)cc2F)c2ccc(N)cc2O1. The molecule has 2 aromatic carbocycles. The van der Waals surface area contributed by atoms with Gasteiger partial charge in [-0.15, -0.1) is 0 Å². The predicted octanol–water partition coefficient (Wildman–Crippen LogP) is 3.51. The van der Waals surface area contributed by atoms with E-state index in [-0.39, 0.29) is 5.56 Å². The van der Waals surface area contributed by atoms with Gasteiger partial charge in [-0.25, -0.2) is 13.8 Å². The number of benzene rings is 2. The number of aliphatic imine (C=N–C) groups is 1. The van der Waals surface area contributed by atoms with Gasteiger partial charge in [0.15, 0.2) is 5.72 Å². The van der Waals surface area contributed by atoms with Gasteiger partial charge in [-0.3, -0.25) is 0 Å². The topological polar surface area (TPSA) is 47.6 Å². The van der Waals surface area contributed by atoms with Gasteiger partial charge in [0.05, 0.1) is 5.71 Å². The van der Waals surface area contributed by atoms with Crippen LogP contribution >= 0.6 is 0 Å². The molecule has 1 aliphatic rings. The van der Waals surface area contributed by atoms with E-state index in [1.807, 2.05) is 0 Å². The quantitative estimate of drug-likeness (QED) is 0.816. The Bertz CT molecular complexity index is 754. The Morgan fingerprint density at radius 3 is 2.48 bits per heavy atom. The van der Waals surface area contributed by atoms with Crippen molar-refractivity contribution in [2.24, 2.45) is 4.99 Å². The van der Waals surface area contributed by atoms with Gasteiger partial charge < -0.3 is 10.5 Å². The number of anilines is 1. The van der Waals surface area contributed by atoms with E-state index in [9.17, 15) is 8.78 Å². The zero-order chi connectivity index (χ0) is 15.2. The van der Waals surface area contributed by atoms with Gasteiger partial charge in [-0.2, -0.15) is 0 Å². The van der Waals surface area contributed by atoms with Crippen LogP contribution in [-0.2, 0) is 0 Å². The second-order valence-corrected chi connectivity index (χ2v) is 5.39. The molecular formula is C16H14F2N2O. The zero-order valence-corrected chi connectivity index (χ0v) is 11.7. The van der Waals surface area contributed by atoms with E-state index >= 15 is 0 Å². The highest BCUT2D eigenvalue weighted by Gasteiger charge is 2.30. The second kappa shape index (κ2) is 4.55. The Hall–Kier alpha value is -2.43. The summed E-state index contributed by atoms with van der Waals surface area (Å²) < 4.78 is 32.9. The summed E-state index contributed by atoms with van der Waals surface area (Å²) in [6.07, 6.45) is 0. The molecule has 0 aliphatic carbocycles. The second-order valence-electron chi connectivity index (χ2n) is 5.39. The average molecular weight is 288 g/mol. The first-order chi connectivity index (χ1) is 9.85. The Morgan fingerprint density at radius 2 is 1.76 bits per heavy atom. The van der Waals surface area contributed by atoms with Crippen LogP contribution in [0.1, 0.15) is 25.0 Å². The van der Waals surface area contributed by atoms with Gasteiger partial charge in [0.2, 0.25) is 0 Å². The van der Waals surface area contributed by atoms with Gasteiger partial charge in [0.25, 0.3) is 0 Å². The van der Waals surface area contributed by atoms with Crippen LogP contribution < -0.4 is 10.5 Å². The minimum absolute atomic E-state index is 0.235. The number of nitrogens with two attached hydrogens (primary N) is 1. The molecule has 1 aliphatic heterocycles. The summed E-state index contributed by atoms with van der Waals surface area (Å²) in [5.74, 6) is -0.747. The summed E-state index contributed by atoms with van der Waals surface area (Å²) in [5, 5.41) is 0. The van der Waals surface area contributed by atoms with Crippen molar-refractivity contribution in [3.8, 4) is 5.75 Å². The van der Waals surface area contributed by atoms with E-state index in [2.05, 4.69) is 4.99 Å². The van der Waals surface area contributed by atoms with Crippen molar-refractivity contribution in [2.75, 3.05) is 5.73 Å². The maximum atomic E-state index is 14.1. The molecule has 0 aromatic heterocycles. The normalized spacial score (nSPS) is 15.9. The number of nitrogen functional groups attached to an aromatic ring is 1. The number of fused-ring (bicyclic) bond motifs is 1. The molecule has 0 spiro atoms. The van der Waals surface area contributed by atoms with Gasteiger partial charge in [0, 0.05) is 28.9 Å². The first-order valence-electron chi connectivity index (χ1n) is 6.50. The van der Waals surface area contributed by atoms with Crippen LogP contribution in [0.4, 0.5) is 14.5 Å². The fourth-order valence-corrected chi connectivity index (χ4v) is 2.33. The van der Waals surface area contributed by atoms with Crippen molar-refractivity contribution in [2.45, 2.75) is 19.6 Å². The molecule has 2 N–H and O–H groups in total. The molecule has 0 amide bonds. The number of halogens is 2. The largest absolute Gasteiger partial charge is 0.466 e. The van der Waals surface area contributed by atoms with Crippen molar-refractivity contribution in [3.63, 3.8) is 0 Å². The lowest BCUT2D eigenvalue weighted by molar-refractivity contribution is 0.115. The van der Waals surface area contributed by atoms with E-state index in [0.717, 1.165) is 6.07 Å². The van der Waals surface area contributed by atoms with Crippen molar-refractivity contribution in [1.29, 1.82) is 0 Å². The van der Waals surface area contributed by atoms with Gasteiger partial charge in [0.1, 0.15) is 17.4 Å². The lowest BCUT2D eigenvalue weighted by atomic mass is 9.98. The molecule has 0 saturated carbocycles. The summed E-state index contributed by atoms with van der Waals surface area (Å²) in [6.45, 7) is 3.53. The van der Waals surface area contributed by atoms with Crippen molar-refractivity contribution in [3.05, 3.63) is 59.2 Å². The number of ether oxygens (including phenoxy) is 1. The predicted molar refractivity (Wildman–Crippen MR) is 77.6 cm³/mol. The highest BCUT2D eigenvalue weighted by molar-refractivity contribution is 6.15. The molecule has 3 nitrogen and oxygen atoms in total. The lowest BCUT2D eigenvalue weighted by Gasteiger charge is -2.30. The summed E-state index contributed by atoms with van der Waals surface area (Å²) >= 11 is 0. The first kappa shape index (κ1) is 13.5. The average Bonchev–Trinajstić information content (AvgIpc) is 2.36. The Balaban J connectivity index is 2.22. The van der Waals surface area contributed by atoms with Crippen LogP contribution in [0.25, 0.3) is 0 Å². The fourth-order valence-electron chi connectivity index (χ4n) is 2.33. The lowest BCUT2D eigenvalue weighted by Crippen LogP contribution is -2.32. The number of hydrogen-bond acceptors (Lipinski definition) is 3. The molecule has 1 heterocycles. The number of nitrogens with zero attached hydrogens (tertiary/aromatic N) is 1. The molecule has 5 heteroatoms. The molecule has 0 radical (unpaired) electrons. The van der Waals surface area contributed by atoms with E-state index < -0.39 is 17.4 Å². The number of rotatable bonds is 1. The highest BCUT2D eigenvalue weighted by Crippen LogP contribution is 2.34. The Kier molecular flexibility index (Phi) is 2.93. The van der Waals surface area contributed by atoms with Crippen LogP contribution in [0.15, 0.2) is 41.4 Å². The zero-order valence-electron chi connectivity index (χ0n) is 11.7. The minimum atomic E-state index is -0.850. The highest BCUT2D eigenvalue weighted by atomic mass is 19.1. The van der Waals surface area contributed by atoms with Crippen LogP contribution in [-0.4, -0.2) is 11.4 Å². The maximum absolute atomic E-state index is 14.1.